The van der Waals surface area contributed by atoms with Crippen molar-refractivity contribution in [2.45, 2.75) is 83.0 Å². The molecule has 7 atom stereocenters. The number of carbonyl (C=O) groups excluding carboxylic acids is 2. The number of ether oxygens (including phenoxy) is 2. The third kappa shape index (κ3) is 3.39. The summed E-state index contributed by atoms with van der Waals surface area (Å²) in [6.07, 6.45) is 2.82. The highest BCUT2D eigenvalue weighted by molar-refractivity contribution is 6.48. The molecular formula is C25H33BN2O6. The van der Waals surface area contributed by atoms with Gasteiger partial charge in [-0.25, -0.2) is 4.79 Å². The standard InChI is InChI=1S/C25H33BN2O6/c1-24(2)16-11-18(24)25(3)19(12-16)33-26(34-25)20-9-10-21-28(20)22(29)17(14-31-21)27-23(30)32-13-15-7-5-4-6-8-15/h4-8,16-21H,9-14H2,1-3H3,(H,27,30)/t16-,17-,18-,19+,20-,21-,25-/m0/s1. The number of hydrogen-bond donors (Lipinski definition) is 1. The fourth-order valence-corrected chi connectivity index (χ4v) is 7.07. The van der Waals surface area contributed by atoms with Crippen LogP contribution in [0.25, 0.3) is 0 Å². The molecule has 3 heterocycles. The van der Waals surface area contributed by atoms with Crippen LogP contribution in [-0.4, -0.2) is 60.5 Å². The van der Waals surface area contributed by atoms with Gasteiger partial charge in [0, 0.05) is 0 Å². The second-order valence-electron chi connectivity index (χ2n) is 11.3. The number of fused-ring (bicyclic) bond motifs is 1. The smallest absolute Gasteiger partial charge is 0.445 e. The topological polar surface area (TPSA) is 86.3 Å². The summed E-state index contributed by atoms with van der Waals surface area (Å²) in [5, 5.41) is 2.69. The van der Waals surface area contributed by atoms with Crippen LogP contribution < -0.4 is 5.32 Å². The van der Waals surface area contributed by atoms with E-state index < -0.39 is 19.3 Å². The van der Waals surface area contributed by atoms with Gasteiger partial charge in [-0.2, -0.15) is 0 Å². The summed E-state index contributed by atoms with van der Waals surface area (Å²) < 4.78 is 24.4. The van der Waals surface area contributed by atoms with Crippen molar-refractivity contribution in [1.29, 1.82) is 0 Å². The highest BCUT2D eigenvalue weighted by Gasteiger charge is 2.69. The fraction of sp³-hybridized carbons (Fsp3) is 0.680. The molecule has 182 valence electrons. The maximum Gasteiger partial charge on any atom is 0.482 e. The molecular weight excluding hydrogens is 435 g/mol. The zero-order chi connectivity index (χ0) is 23.7. The van der Waals surface area contributed by atoms with E-state index in [4.69, 9.17) is 18.8 Å². The van der Waals surface area contributed by atoms with Crippen molar-refractivity contribution in [3.05, 3.63) is 35.9 Å². The maximum atomic E-state index is 13.4. The highest BCUT2D eigenvalue weighted by atomic mass is 16.7. The zero-order valence-electron chi connectivity index (χ0n) is 20.1. The zero-order valence-corrected chi connectivity index (χ0v) is 20.1. The normalized spacial score (nSPS) is 39.8. The number of carbonyl (C=O) groups is 2. The van der Waals surface area contributed by atoms with Crippen LogP contribution in [0, 0.1) is 17.3 Å². The number of hydrogen-bond acceptors (Lipinski definition) is 6. The van der Waals surface area contributed by atoms with Gasteiger partial charge in [0.15, 0.2) is 0 Å². The molecule has 0 unspecified atom stereocenters. The minimum atomic E-state index is -0.786. The van der Waals surface area contributed by atoms with Gasteiger partial charge in [-0.1, -0.05) is 44.2 Å². The predicted octanol–water partition coefficient (Wildman–Crippen LogP) is 2.90. The minimum Gasteiger partial charge on any atom is -0.445 e. The van der Waals surface area contributed by atoms with Gasteiger partial charge >= 0.3 is 13.2 Å². The molecule has 1 aromatic rings. The van der Waals surface area contributed by atoms with Crippen LogP contribution in [0.5, 0.6) is 0 Å². The van der Waals surface area contributed by atoms with Gasteiger partial charge in [0.2, 0.25) is 5.91 Å². The number of nitrogens with zero attached hydrogens (tertiary/aromatic N) is 1. The molecule has 3 saturated carbocycles. The molecule has 0 aromatic heterocycles. The molecule has 3 saturated heterocycles. The number of rotatable bonds is 4. The SMILES string of the molecule is CC1(C)[C@@H]2C[C@H]3OB([C@@H]4CC[C@@H]5OC[C@H](NC(=O)OCc6ccccc6)C(=O)N54)O[C@@]3(C)[C@H]1C2. The summed E-state index contributed by atoms with van der Waals surface area (Å²) in [6.45, 7) is 7.15. The maximum absolute atomic E-state index is 13.4. The highest BCUT2D eigenvalue weighted by Crippen LogP contribution is 2.66. The average Bonchev–Trinajstić information content (AvgIpc) is 3.41. The van der Waals surface area contributed by atoms with Crippen LogP contribution in [0.2, 0.25) is 0 Å². The lowest BCUT2D eigenvalue weighted by Gasteiger charge is -2.64. The molecule has 34 heavy (non-hydrogen) atoms. The van der Waals surface area contributed by atoms with E-state index in [-0.39, 0.29) is 48.4 Å². The van der Waals surface area contributed by atoms with Gasteiger partial charge in [0.1, 0.15) is 18.9 Å². The van der Waals surface area contributed by atoms with E-state index in [9.17, 15) is 9.59 Å². The lowest BCUT2D eigenvalue weighted by atomic mass is 9.43. The van der Waals surface area contributed by atoms with E-state index in [1.165, 1.54) is 6.42 Å². The van der Waals surface area contributed by atoms with Gasteiger partial charge in [-0.15, -0.1) is 0 Å². The largest absolute Gasteiger partial charge is 0.482 e. The van der Waals surface area contributed by atoms with Crippen molar-refractivity contribution < 1.29 is 28.4 Å². The van der Waals surface area contributed by atoms with Crippen molar-refractivity contribution in [2.24, 2.45) is 17.3 Å². The molecule has 7 rings (SSSR count). The molecule has 6 aliphatic rings. The van der Waals surface area contributed by atoms with Crippen molar-refractivity contribution in [2.75, 3.05) is 6.61 Å². The van der Waals surface area contributed by atoms with E-state index in [1.54, 1.807) is 4.90 Å². The number of benzene rings is 1. The van der Waals surface area contributed by atoms with Gasteiger partial charge in [0.05, 0.1) is 24.3 Å². The first-order valence-electron chi connectivity index (χ1n) is 12.5. The monoisotopic (exact) mass is 468 g/mol. The van der Waals surface area contributed by atoms with E-state index in [2.05, 4.69) is 26.1 Å². The molecule has 6 fully saturated rings. The van der Waals surface area contributed by atoms with Gasteiger partial charge < -0.3 is 29.0 Å². The molecule has 1 N–H and O–H groups in total. The summed E-state index contributed by atoms with van der Waals surface area (Å²) in [7, 11) is -0.466. The van der Waals surface area contributed by atoms with Gasteiger partial charge in [0.25, 0.3) is 0 Å². The van der Waals surface area contributed by atoms with Gasteiger partial charge in [-0.3, -0.25) is 4.79 Å². The molecule has 2 bridgehead atoms. The summed E-state index contributed by atoms with van der Waals surface area (Å²) >= 11 is 0. The summed E-state index contributed by atoms with van der Waals surface area (Å²) in [5.74, 6) is 0.759. The van der Waals surface area contributed by atoms with Crippen LogP contribution in [-0.2, 0) is 30.2 Å². The Bertz CT molecular complexity index is 975. The van der Waals surface area contributed by atoms with Crippen LogP contribution in [0.1, 0.15) is 52.0 Å². The summed E-state index contributed by atoms with van der Waals surface area (Å²) in [6, 6.07) is 8.65. The Morgan fingerprint density at radius 2 is 2.00 bits per heavy atom. The molecule has 9 heteroatoms. The third-order valence-corrected chi connectivity index (χ3v) is 9.17. The van der Waals surface area contributed by atoms with Crippen molar-refractivity contribution in [1.82, 2.24) is 10.2 Å². The van der Waals surface area contributed by atoms with Crippen LogP contribution >= 0.6 is 0 Å². The number of nitrogens with one attached hydrogen (secondary N) is 1. The van der Waals surface area contributed by atoms with E-state index >= 15 is 0 Å². The minimum absolute atomic E-state index is 0.0658. The second kappa shape index (κ2) is 7.97. The first-order chi connectivity index (χ1) is 16.3. The number of amides is 2. The van der Waals surface area contributed by atoms with E-state index in [0.717, 1.165) is 24.8 Å². The average molecular weight is 468 g/mol. The Balaban J connectivity index is 1.11. The lowest BCUT2D eigenvalue weighted by Crippen LogP contribution is -2.65. The molecule has 0 spiro atoms. The Morgan fingerprint density at radius 1 is 1.21 bits per heavy atom. The third-order valence-electron chi connectivity index (χ3n) is 9.17. The van der Waals surface area contributed by atoms with Gasteiger partial charge in [-0.05, 0) is 55.4 Å². The van der Waals surface area contributed by atoms with Crippen molar-refractivity contribution in [3.8, 4) is 0 Å². The second-order valence-corrected chi connectivity index (χ2v) is 11.3. The Kier molecular flexibility index (Phi) is 5.24. The first kappa shape index (κ1) is 22.4. The van der Waals surface area contributed by atoms with E-state index in [0.29, 0.717) is 11.8 Å². The van der Waals surface area contributed by atoms with Crippen molar-refractivity contribution >= 4 is 19.1 Å². The Labute approximate surface area is 200 Å². The fourth-order valence-electron chi connectivity index (χ4n) is 7.07. The molecule has 8 nitrogen and oxygen atoms in total. The molecule has 1 aromatic carbocycles. The van der Waals surface area contributed by atoms with E-state index in [1.807, 2.05) is 30.3 Å². The lowest BCUT2D eigenvalue weighted by molar-refractivity contribution is -0.199. The molecule has 2 amide bonds. The molecule has 3 aliphatic carbocycles. The summed E-state index contributed by atoms with van der Waals surface area (Å²) in [4.78, 5) is 27.5. The van der Waals surface area contributed by atoms with Crippen LogP contribution in [0.4, 0.5) is 4.79 Å². The first-order valence-corrected chi connectivity index (χ1v) is 12.5. The summed E-state index contributed by atoms with van der Waals surface area (Å²) in [5.41, 5.74) is 0.829. The predicted molar refractivity (Wildman–Crippen MR) is 123 cm³/mol. The van der Waals surface area contributed by atoms with Crippen LogP contribution in [0.3, 0.4) is 0 Å². The Morgan fingerprint density at radius 3 is 2.76 bits per heavy atom. The Hall–Kier alpha value is -2.10. The molecule has 0 radical (unpaired) electrons. The van der Waals surface area contributed by atoms with Crippen LogP contribution in [0.15, 0.2) is 30.3 Å². The van der Waals surface area contributed by atoms with Crippen molar-refractivity contribution in [3.63, 3.8) is 0 Å². The quantitative estimate of drug-likeness (QED) is 0.685. The number of alkyl carbamates (subject to hydrolysis) is 1. The molecule has 3 aliphatic heterocycles.